The number of rotatable bonds is 8. The van der Waals surface area contributed by atoms with Gasteiger partial charge in [-0.3, -0.25) is 4.79 Å². The number of carboxylic acid groups (broad SMARTS) is 1. The van der Waals surface area contributed by atoms with Crippen LogP contribution in [0.4, 0.5) is 0 Å². The molecule has 0 aliphatic rings. The lowest BCUT2D eigenvalue weighted by Gasteiger charge is -2.05. The molecule has 0 unspecified atom stereocenters. The Balaban J connectivity index is 1.44. The van der Waals surface area contributed by atoms with E-state index in [9.17, 15) is 9.59 Å². The van der Waals surface area contributed by atoms with Gasteiger partial charge in [-0.1, -0.05) is 53.8 Å². The summed E-state index contributed by atoms with van der Waals surface area (Å²) in [5.74, 6) is -2.33. The Morgan fingerprint density at radius 3 is 2.56 bits per heavy atom. The van der Waals surface area contributed by atoms with Crippen LogP contribution in [0.3, 0.4) is 0 Å². The summed E-state index contributed by atoms with van der Waals surface area (Å²) >= 11 is 1.07. The van der Waals surface area contributed by atoms with Crippen molar-refractivity contribution in [2.75, 3.05) is 6.61 Å². The first kappa shape index (κ1) is 17.2. The van der Waals surface area contributed by atoms with Gasteiger partial charge in [-0.15, -0.1) is 0 Å². The zero-order chi connectivity index (χ0) is 17.6. The molecule has 0 atom stereocenters. The Hall–Kier alpha value is -2.66. The van der Waals surface area contributed by atoms with Crippen LogP contribution < -0.4 is 4.74 Å². The second kappa shape index (κ2) is 7.94. The quantitative estimate of drug-likeness (QED) is 0.366. The van der Waals surface area contributed by atoms with Crippen molar-refractivity contribution in [3.05, 3.63) is 65.0 Å². The molecule has 0 amide bonds. The SMILES string of the molecule is O=C(O)C(=O)c1ccc(OCCCCc2ccc3ccccc3c2)s1. The number of aryl methyl sites for hydroxylation is 1. The van der Waals surface area contributed by atoms with Crippen LogP contribution >= 0.6 is 11.3 Å². The number of fused-ring (bicyclic) bond motifs is 1. The molecule has 0 aliphatic carbocycles. The third-order valence-electron chi connectivity index (χ3n) is 3.92. The minimum atomic E-state index is -1.44. The van der Waals surface area contributed by atoms with Crippen LogP contribution in [-0.2, 0) is 11.2 Å². The van der Waals surface area contributed by atoms with Gasteiger partial charge in [0, 0.05) is 0 Å². The molecule has 4 nitrogen and oxygen atoms in total. The largest absolute Gasteiger partial charge is 0.484 e. The molecule has 0 bridgehead atoms. The molecule has 0 saturated carbocycles. The van der Waals surface area contributed by atoms with Crippen LogP contribution in [0.25, 0.3) is 10.8 Å². The molecule has 0 aliphatic heterocycles. The van der Waals surface area contributed by atoms with Gasteiger partial charge in [0.15, 0.2) is 5.06 Å². The van der Waals surface area contributed by atoms with E-state index in [0.717, 1.165) is 30.6 Å². The fourth-order valence-corrected chi connectivity index (χ4v) is 3.43. The fourth-order valence-electron chi connectivity index (χ4n) is 2.62. The summed E-state index contributed by atoms with van der Waals surface area (Å²) in [6.07, 6.45) is 2.89. The van der Waals surface area contributed by atoms with Crippen molar-refractivity contribution in [3.8, 4) is 5.06 Å². The van der Waals surface area contributed by atoms with Gasteiger partial charge in [-0.2, -0.15) is 0 Å². The number of ketones is 1. The maximum absolute atomic E-state index is 11.3. The second-order valence-electron chi connectivity index (χ2n) is 5.74. The maximum atomic E-state index is 11.3. The normalized spacial score (nSPS) is 10.7. The summed E-state index contributed by atoms with van der Waals surface area (Å²) in [5, 5.41) is 11.8. The third-order valence-corrected chi connectivity index (χ3v) is 4.91. The van der Waals surface area contributed by atoms with E-state index in [4.69, 9.17) is 9.84 Å². The highest BCUT2D eigenvalue weighted by atomic mass is 32.1. The number of carboxylic acids is 1. The Morgan fingerprint density at radius 2 is 1.76 bits per heavy atom. The van der Waals surface area contributed by atoms with E-state index >= 15 is 0 Å². The Morgan fingerprint density at radius 1 is 0.960 bits per heavy atom. The summed E-state index contributed by atoms with van der Waals surface area (Å²) in [6, 6.07) is 18.0. The molecule has 1 N–H and O–H groups in total. The average molecular weight is 354 g/mol. The van der Waals surface area contributed by atoms with E-state index in [-0.39, 0.29) is 4.88 Å². The highest BCUT2D eigenvalue weighted by Gasteiger charge is 2.17. The molecule has 0 radical (unpaired) electrons. The first-order valence-electron chi connectivity index (χ1n) is 8.11. The highest BCUT2D eigenvalue weighted by Crippen LogP contribution is 2.25. The van der Waals surface area contributed by atoms with Crippen LogP contribution in [0.15, 0.2) is 54.6 Å². The van der Waals surface area contributed by atoms with Crippen molar-refractivity contribution in [2.45, 2.75) is 19.3 Å². The van der Waals surface area contributed by atoms with Gasteiger partial charge >= 0.3 is 5.97 Å². The van der Waals surface area contributed by atoms with Crippen LogP contribution in [-0.4, -0.2) is 23.5 Å². The van der Waals surface area contributed by atoms with Gasteiger partial charge in [0.25, 0.3) is 5.78 Å². The number of Topliss-reactive ketones (excluding diaryl/α,β-unsaturated/α-hetero) is 1. The molecule has 128 valence electrons. The first-order valence-corrected chi connectivity index (χ1v) is 8.93. The maximum Gasteiger partial charge on any atom is 0.378 e. The van der Waals surface area contributed by atoms with Gasteiger partial charge in [0.1, 0.15) is 0 Å². The summed E-state index contributed by atoms with van der Waals surface area (Å²) in [6.45, 7) is 0.550. The number of benzene rings is 2. The van der Waals surface area contributed by atoms with Gasteiger partial charge in [0.05, 0.1) is 11.5 Å². The van der Waals surface area contributed by atoms with Gasteiger partial charge in [0.2, 0.25) is 0 Å². The Kier molecular flexibility index (Phi) is 5.46. The number of hydrogen-bond acceptors (Lipinski definition) is 4. The molecular formula is C20H18O4S. The highest BCUT2D eigenvalue weighted by molar-refractivity contribution is 7.16. The van der Waals surface area contributed by atoms with Crippen molar-refractivity contribution < 1.29 is 19.4 Å². The van der Waals surface area contributed by atoms with Gasteiger partial charge < -0.3 is 9.84 Å². The van der Waals surface area contributed by atoms with E-state index in [2.05, 4.69) is 30.3 Å². The van der Waals surface area contributed by atoms with E-state index in [1.54, 1.807) is 6.07 Å². The summed E-state index contributed by atoms with van der Waals surface area (Å²) in [7, 11) is 0. The minimum absolute atomic E-state index is 0.193. The van der Waals surface area contributed by atoms with Crippen molar-refractivity contribution in [1.29, 1.82) is 0 Å². The predicted molar refractivity (Wildman–Crippen MR) is 98.7 cm³/mol. The lowest BCUT2D eigenvalue weighted by Crippen LogP contribution is -2.10. The monoisotopic (exact) mass is 354 g/mol. The van der Waals surface area contributed by atoms with Crippen molar-refractivity contribution in [3.63, 3.8) is 0 Å². The lowest BCUT2D eigenvalue weighted by molar-refractivity contribution is -0.131. The number of carbonyl (C=O) groups is 2. The van der Waals surface area contributed by atoms with Crippen molar-refractivity contribution in [1.82, 2.24) is 0 Å². The van der Waals surface area contributed by atoms with E-state index in [1.807, 2.05) is 12.1 Å². The zero-order valence-electron chi connectivity index (χ0n) is 13.6. The number of hydrogen-bond donors (Lipinski definition) is 1. The predicted octanol–water partition coefficient (Wildman–Crippen LogP) is 4.57. The molecule has 1 aromatic heterocycles. The first-order chi connectivity index (χ1) is 12.1. The molecule has 1 heterocycles. The van der Waals surface area contributed by atoms with Gasteiger partial charge in [-0.25, -0.2) is 4.79 Å². The number of aliphatic carboxylic acids is 1. The van der Waals surface area contributed by atoms with Crippen LogP contribution in [0.1, 0.15) is 28.1 Å². The summed E-state index contributed by atoms with van der Waals surface area (Å²) in [4.78, 5) is 22.2. The lowest BCUT2D eigenvalue weighted by atomic mass is 10.0. The number of carbonyl (C=O) groups excluding carboxylic acids is 1. The van der Waals surface area contributed by atoms with E-state index < -0.39 is 11.8 Å². The molecular weight excluding hydrogens is 336 g/mol. The number of thiophene rings is 1. The van der Waals surface area contributed by atoms with E-state index in [0.29, 0.717) is 11.7 Å². The third kappa shape index (κ3) is 4.45. The molecule has 0 fully saturated rings. The van der Waals surface area contributed by atoms with Gasteiger partial charge in [-0.05, 0) is 47.7 Å². The fraction of sp³-hybridized carbons (Fsp3) is 0.200. The van der Waals surface area contributed by atoms with Crippen molar-refractivity contribution in [2.24, 2.45) is 0 Å². The van der Waals surface area contributed by atoms with Crippen LogP contribution in [0, 0.1) is 0 Å². The van der Waals surface area contributed by atoms with Crippen LogP contribution in [0.5, 0.6) is 5.06 Å². The molecule has 5 heteroatoms. The summed E-state index contributed by atoms with van der Waals surface area (Å²) < 4.78 is 5.60. The minimum Gasteiger partial charge on any atom is -0.484 e. The zero-order valence-corrected chi connectivity index (χ0v) is 14.4. The number of ether oxygens (including phenoxy) is 1. The molecule has 3 rings (SSSR count). The van der Waals surface area contributed by atoms with Crippen molar-refractivity contribution >= 4 is 33.9 Å². The average Bonchev–Trinajstić information content (AvgIpc) is 3.09. The smallest absolute Gasteiger partial charge is 0.378 e. The second-order valence-corrected chi connectivity index (χ2v) is 6.79. The number of unbranched alkanes of at least 4 members (excludes halogenated alkanes) is 1. The topological polar surface area (TPSA) is 63.6 Å². The standard InChI is InChI=1S/C20H18O4S/c21-19(20(22)23)17-10-11-18(25-17)24-12-4-3-5-14-8-9-15-6-1-2-7-16(15)13-14/h1-2,6-11,13H,3-5,12H2,(H,22,23). The molecule has 0 saturated heterocycles. The molecule has 2 aromatic carbocycles. The van der Waals surface area contributed by atoms with E-state index in [1.165, 1.54) is 22.4 Å². The summed E-state index contributed by atoms with van der Waals surface area (Å²) in [5.41, 5.74) is 1.31. The molecule has 3 aromatic rings. The Labute approximate surface area is 149 Å². The molecule has 0 spiro atoms. The Bertz CT molecular complexity index is 897. The van der Waals surface area contributed by atoms with Crippen LogP contribution in [0.2, 0.25) is 0 Å². The molecule has 25 heavy (non-hydrogen) atoms.